The van der Waals surface area contributed by atoms with E-state index in [0.29, 0.717) is 33.5 Å². The van der Waals surface area contributed by atoms with Gasteiger partial charge in [0.15, 0.2) is 22.2 Å². The van der Waals surface area contributed by atoms with E-state index >= 15 is 0 Å². The fourth-order valence-electron chi connectivity index (χ4n) is 3.96. The van der Waals surface area contributed by atoms with Crippen LogP contribution in [0.3, 0.4) is 0 Å². The highest BCUT2D eigenvalue weighted by atomic mass is 32.2. The molecule has 11 nitrogen and oxygen atoms in total. The van der Waals surface area contributed by atoms with E-state index < -0.39 is 11.4 Å². The number of hydrogen-bond acceptors (Lipinski definition) is 10. The maximum Gasteiger partial charge on any atom is 0.295 e. The molecule has 0 spiro atoms. The van der Waals surface area contributed by atoms with Crippen molar-refractivity contribution in [2.75, 3.05) is 5.32 Å². The van der Waals surface area contributed by atoms with Crippen LogP contribution in [0, 0.1) is 6.92 Å². The first-order chi connectivity index (χ1) is 16.8. The van der Waals surface area contributed by atoms with Gasteiger partial charge in [0.05, 0.1) is 52.9 Å². The topological polar surface area (TPSA) is 160 Å². The molecule has 0 radical (unpaired) electrons. The first kappa shape index (κ1) is 23.3. The maximum atomic E-state index is 13.4. The van der Waals surface area contributed by atoms with Crippen molar-refractivity contribution in [2.45, 2.75) is 57.0 Å². The number of fused-ring (bicyclic) bond motifs is 1. The van der Waals surface area contributed by atoms with E-state index in [9.17, 15) is 9.35 Å². The van der Waals surface area contributed by atoms with E-state index in [0.717, 1.165) is 29.8 Å². The van der Waals surface area contributed by atoms with Crippen LogP contribution >= 0.6 is 0 Å². The molecule has 0 bridgehead atoms. The van der Waals surface area contributed by atoms with Crippen LogP contribution in [-0.4, -0.2) is 39.0 Å². The van der Waals surface area contributed by atoms with Gasteiger partial charge < -0.3 is 9.87 Å². The fraction of sp³-hybridized carbons (Fsp3) is 0.348. The molecular weight excluding hydrogens is 466 g/mol. The van der Waals surface area contributed by atoms with Crippen LogP contribution in [-0.2, 0) is 17.9 Å². The van der Waals surface area contributed by atoms with Crippen molar-refractivity contribution in [3.8, 4) is 11.4 Å². The molecule has 35 heavy (non-hydrogen) atoms. The van der Waals surface area contributed by atoms with Crippen molar-refractivity contribution < 1.29 is 4.55 Å². The summed E-state index contributed by atoms with van der Waals surface area (Å²) < 4.78 is 13.0. The summed E-state index contributed by atoms with van der Waals surface area (Å²) >= 11 is -1.59. The molecule has 4 aromatic rings. The molecule has 1 saturated carbocycles. The average Bonchev–Trinajstić information content (AvgIpc) is 3.68. The zero-order chi connectivity index (χ0) is 24.7. The minimum atomic E-state index is -1.59. The summed E-state index contributed by atoms with van der Waals surface area (Å²) in [5.74, 6) is 1.07. The predicted molar refractivity (Wildman–Crippen MR) is 132 cm³/mol. The van der Waals surface area contributed by atoms with Gasteiger partial charge in [-0.3, -0.25) is 14.3 Å². The minimum Gasteiger partial charge on any atom is -0.593 e. The first-order valence-electron chi connectivity index (χ1n) is 11.3. The number of nitrogens with zero attached hydrogens (tertiary/aromatic N) is 7. The Morgan fingerprint density at radius 1 is 1.17 bits per heavy atom. The molecule has 4 heterocycles. The van der Waals surface area contributed by atoms with Crippen molar-refractivity contribution in [1.29, 1.82) is 0 Å². The Morgan fingerprint density at radius 2 is 1.97 bits per heavy atom. The maximum absolute atomic E-state index is 13.4. The quantitative estimate of drug-likeness (QED) is 0.367. The summed E-state index contributed by atoms with van der Waals surface area (Å²) in [7, 11) is 0. The van der Waals surface area contributed by atoms with Crippen molar-refractivity contribution in [3.63, 3.8) is 0 Å². The Balaban J connectivity index is 1.53. The van der Waals surface area contributed by atoms with Crippen LogP contribution < -0.4 is 16.0 Å². The standard InChI is InChI=1S/C23H25N9O2S/c1-12(2)32-22-17(10-27-20(31-22)18-13(3)28-11-29-19(18)14-4-5-14)30-21(23(32)33)26-8-15-6-7-16(9-25-15)35(24)34/h6-7,9-12,14H,4-5,8,24H2,1-3H3,(H,26,30). The van der Waals surface area contributed by atoms with Crippen molar-refractivity contribution in [3.05, 3.63) is 58.3 Å². The Bertz CT molecular complexity index is 1450. The number of pyridine rings is 1. The van der Waals surface area contributed by atoms with Crippen molar-refractivity contribution >= 4 is 28.3 Å². The van der Waals surface area contributed by atoms with Gasteiger partial charge in [0, 0.05) is 12.0 Å². The summed E-state index contributed by atoms with van der Waals surface area (Å²) in [5.41, 5.74) is 3.90. The summed E-state index contributed by atoms with van der Waals surface area (Å²) in [6.07, 6.45) is 6.84. The van der Waals surface area contributed by atoms with E-state index in [2.05, 4.69) is 30.2 Å². The van der Waals surface area contributed by atoms with Gasteiger partial charge in [0.2, 0.25) is 0 Å². The van der Waals surface area contributed by atoms with Gasteiger partial charge in [-0.25, -0.2) is 24.9 Å². The zero-order valence-electron chi connectivity index (χ0n) is 19.6. The fourth-order valence-corrected chi connectivity index (χ4v) is 4.32. The van der Waals surface area contributed by atoms with Crippen LogP contribution in [0.2, 0.25) is 0 Å². The number of aromatic nitrogens is 7. The van der Waals surface area contributed by atoms with Gasteiger partial charge in [0.25, 0.3) is 5.56 Å². The smallest absolute Gasteiger partial charge is 0.295 e. The molecule has 1 unspecified atom stereocenters. The highest BCUT2D eigenvalue weighted by Crippen LogP contribution is 2.43. The molecule has 4 aromatic heterocycles. The van der Waals surface area contributed by atoms with Crippen LogP contribution in [0.25, 0.3) is 22.6 Å². The minimum absolute atomic E-state index is 0.163. The monoisotopic (exact) mass is 491 g/mol. The average molecular weight is 492 g/mol. The Morgan fingerprint density at radius 3 is 2.63 bits per heavy atom. The predicted octanol–water partition coefficient (Wildman–Crippen LogP) is 2.40. The summed E-state index contributed by atoms with van der Waals surface area (Å²) in [6.45, 7) is 6.02. The Hall–Kier alpha value is -3.48. The van der Waals surface area contributed by atoms with Crippen molar-refractivity contribution in [1.82, 2.24) is 34.5 Å². The van der Waals surface area contributed by atoms with Crippen LogP contribution in [0.5, 0.6) is 0 Å². The van der Waals surface area contributed by atoms with Crippen LogP contribution in [0.4, 0.5) is 5.82 Å². The molecule has 180 valence electrons. The van der Waals surface area contributed by atoms with E-state index in [-0.39, 0.29) is 24.0 Å². The summed E-state index contributed by atoms with van der Waals surface area (Å²) in [4.78, 5) is 40.7. The SMILES string of the molecule is Cc1ncnc(C2CC2)c1-c1ncc2nc(NCc3ccc([S+](N)[O-])cn3)c(=O)n(C(C)C)c2n1. The molecule has 0 saturated heterocycles. The largest absolute Gasteiger partial charge is 0.593 e. The van der Waals surface area contributed by atoms with E-state index in [1.165, 1.54) is 6.20 Å². The van der Waals surface area contributed by atoms with Gasteiger partial charge in [-0.1, -0.05) is 0 Å². The lowest BCUT2D eigenvalue weighted by Crippen LogP contribution is -2.27. The normalized spacial score (nSPS) is 14.5. The number of nitrogens with one attached hydrogen (secondary N) is 1. The highest BCUT2D eigenvalue weighted by molar-refractivity contribution is 7.89. The molecule has 0 aliphatic heterocycles. The third-order valence-electron chi connectivity index (χ3n) is 5.87. The number of rotatable bonds is 7. The lowest BCUT2D eigenvalue weighted by atomic mass is 10.1. The van der Waals surface area contributed by atoms with Crippen LogP contribution in [0.1, 0.15) is 55.7 Å². The molecule has 0 amide bonds. The van der Waals surface area contributed by atoms with Gasteiger partial charge in [-0.2, -0.15) is 0 Å². The molecule has 1 atom stereocenters. The van der Waals surface area contributed by atoms with Gasteiger partial charge in [-0.05, 0) is 45.7 Å². The zero-order valence-corrected chi connectivity index (χ0v) is 20.4. The summed E-state index contributed by atoms with van der Waals surface area (Å²) in [6, 6.07) is 3.18. The number of hydrogen-bond donors (Lipinski definition) is 2. The Labute approximate surface area is 204 Å². The molecule has 1 fully saturated rings. The molecule has 1 aliphatic carbocycles. The summed E-state index contributed by atoms with van der Waals surface area (Å²) in [5, 5.41) is 8.44. The van der Waals surface area contributed by atoms with Crippen molar-refractivity contribution in [2.24, 2.45) is 5.14 Å². The number of aryl methyl sites for hydroxylation is 1. The number of nitrogens with two attached hydrogens (primary N) is 1. The molecule has 0 aromatic carbocycles. The Kier molecular flexibility index (Phi) is 6.17. The third-order valence-corrected chi connectivity index (χ3v) is 6.58. The molecule has 12 heteroatoms. The second kappa shape index (κ2) is 9.29. The lowest BCUT2D eigenvalue weighted by Gasteiger charge is -2.16. The second-order valence-electron chi connectivity index (χ2n) is 8.76. The van der Waals surface area contributed by atoms with Gasteiger partial charge in [0.1, 0.15) is 11.8 Å². The van der Waals surface area contributed by atoms with E-state index in [4.69, 9.17) is 10.1 Å². The van der Waals surface area contributed by atoms with Crippen LogP contribution in [0.15, 0.2) is 40.5 Å². The van der Waals surface area contributed by atoms with Gasteiger partial charge in [-0.15, -0.1) is 5.14 Å². The lowest BCUT2D eigenvalue weighted by molar-refractivity contribution is 0.593. The van der Waals surface area contributed by atoms with Gasteiger partial charge >= 0.3 is 0 Å². The molecule has 3 N–H and O–H groups in total. The van der Waals surface area contributed by atoms with E-state index in [1.54, 1.807) is 29.2 Å². The molecular formula is C23H25N9O2S. The van der Waals surface area contributed by atoms with E-state index in [1.807, 2.05) is 20.8 Å². The molecule has 5 rings (SSSR count). The molecule has 1 aliphatic rings. The number of anilines is 1. The second-order valence-corrected chi connectivity index (χ2v) is 9.83. The highest BCUT2D eigenvalue weighted by Gasteiger charge is 2.30. The third kappa shape index (κ3) is 4.59. The first-order valence-corrected chi connectivity index (χ1v) is 12.5.